The molecule has 0 saturated carbocycles. The lowest BCUT2D eigenvalue weighted by Crippen LogP contribution is -2.11. The molecule has 0 aliphatic heterocycles. The molecule has 0 radical (unpaired) electrons. The van der Waals surface area contributed by atoms with Crippen molar-refractivity contribution >= 4 is 28.4 Å². The highest BCUT2D eigenvalue weighted by atomic mass is 35.5. The Hall–Kier alpha value is -2.06. The van der Waals surface area contributed by atoms with E-state index in [1.807, 2.05) is 6.07 Å². The maximum Gasteiger partial charge on any atom is 0.370 e. The van der Waals surface area contributed by atoms with E-state index < -0.39 is 5.97 Å². The maximum absolute atomic E-state index is 10.9. The van der Waals surface area contributed by atoms with Crippen molar-refractivity contribution in [2.45, 2.75) is 0 Å². The third-order valence-electron chi connectivity index (χ3n) is 1.65. The smallest absolute Gasteiger partial charge is 0.370 e. The van der Waals surface area contributed by atoms with Gasteiger partial charge < -0.3 is 4.74 Å². The van der Waals surface area contributed by atoms with Crippen molar-refractivity contribution < 1.29 is 9.53 Å². The number of anilines is 1. The Bertz CT molecular complexity index is 448. The van der Waals surface area contributed by atoms with E-state index in [1.54, 1.807) is 24.3 Å². The lowest BCUT2D eigenvalue weighted by molar-refractivity contribution is -0.132. The molecule has 1 N–H and O–H groups in total. The van der Waals surface area contributed by atoms with Crippen LogP contribution in [0.4, 0.5) is 5.69 Å². The molecule has 0 spiro atoms. The van der Waals surface area contributed by atoms with Gasteiger partial charge in [-0.25, -0.2) is 4.79 Å². The Morgan fingerprint density at radius 3 is 2.62 bits per heavy atom. The van der Waals surface area contributed by atoms with E-state index in [2.05, 4.69) is 15.3 Å². The fourth-order valence-corrected chi connectivity index (χ4v) is 0.982. The van der Waals surface area contributed by atoms with Crippen molar-refractivity contribution in [3.8, 4) is 6.07 Å². The predicted octanol–water partition coefficient (Wildman–Crippen LogP) is 1.70. The van der Waals surface area contributed by atoms with Crippen molar-refractivity contribution in [1.29, 1.82) is 5.26 Å². The molecule has 0 saturated heterocycles. The van der Waals surface area contributed by atoms with E-state index in [0.29, 0.717) is 11.3 Å². The first kappa shape index (κ1) is 12.0. The van der Waals surface area contributed by atoms with Crippen LogP contribution in [0.3, 0.4) is 0 Å². The number of halogens is 1. The molecule has 1 aromatic carbocycles. The molecule has 1 rings (SSSR count). The maximum atomic E-state index is 10.9. The highest BCUT2D eigenvalue weighted by Crippen LogP contribution is 2.08. The highest BCUT2D eigenvalue weighted by Gasteiger charge is 2.07. The molecule has 0 amide bonds. The van der Waals surface area contributed by atoms with Gasteiger partial charge in [0.25, 0.3) is 0 Å². The average molecular weight is 238 g/mol. The molecule has 0 aliphatic rings. The molecule has 0 heterocycles. The summed E-state index contributed by atoms with van der Waals surface area (Å²) in [7, 11) is 1.21. The van der Waals surface area contributed by atoms with Gasteiger partial charge in [0.15, 0.2) is 0 Å². The van der Waals surface area contributed by atoms with Gasteiger partial charge in [-0.15, -0.1) is 0 Å². The average Bonchev–Trinajstić information content (AvgIpc) is 2.35. The number of benzene rings is 1. The molecular weight excluding hydrogens is 230 g/mol. The largest absolute Gasteiger partial charge is 0.464 e. The number of hydrogen-bond donors (Lipinski definition) is 1. The zero-order valence-electron chi connectivity index (χ0n) is 8.40. The summed E-state index contributed by atoms with van der Waals surface area (Å²) in [5.74, 6) is -0.720. The lowest BCUT2D eigenvalue weighted by Gasteiger charge is -2.00. The van der Waals surface area contributed by atoms with Gasteiger partial charge in [-0.3, -0.25) is 5.43 Å². The van der Waals surface area contributed by atoms with Crippen molar-refractivity contribution in [3.63, 3.8) is 0 Å². The minimum absolute atomic E-state index is 0.299. The second-order valence-electron chi connectivity index (χ2n) is 2.70. The first-order chi connectivity index (χ1) is 7.67. The number of rotatable bonds is 3. The Kier molecular flexibility index (Phi) is 4.30. The number of ether oxygens (including phenoxy) is 1. The zero-order valence-corrected chi connectivity index (χ0v) is 9.15. The molecule has 0 aliphatic carbocycles. The number of carbonyl (C=O) groups is 1. The molecule has 1 aromatic rings. The topological polar surface area (TPSA) is 74.5 Å². The first-order valence-corrected chi connectivity index (χ1v) is 4.63. The second-order valence-corrected chi connectivity index (χ2v) is 3.05. The van der Waals surface area contributed by atoms with Crippen molar-refractivity contribution in [3.05, 3.63) is 29.8 Å². The van der Waals surface area contributed by atoms with Gasteiger partial charge in [-0.1, -0.05) is 11.6 Å². The van der Waals surface area contributed by atoms with Gasteiger partial charge in [0, 0.05) is 0 Å². The van der Waals surface area contributed by atoms with Crippen LogP contribution < -0.4 is 5.43 Å². The number of methoxy groups -OCH3 is 1. The number of carbonyl (C=O) groups excluding carboxylic acids is 1. The molecule has 0 fully saturated rings. The fourth-order valence-electron chi connectivity index (χ4n) is 0.863. The van der Waals surface area contributed by atoms with E-state index in [-0.39, 0.29) is 5.17 Å². The third-order valence-corrected chi connectivity index (χ3v) is 1.89. The van der Waals surface area contributed by atoms with Crippen LogP contribution in [0.25, 0.3) is 0 Å². The quantitative estimate of drug-likeness (QED) is 0.493. The van der Waals surface area contributed by atoms with E-state index in [0.717, 1.165) is 0 Å². The summed E-state index contributed by atoms with van der Waals surface area (Å²) in [6, 6.07) is 8.50. The standard InChI is InChI=1S/C10H8ClN3O2/c1-16-10(15)9(11)14-13-8-4-2-7(6-12)3-5-8/h2-5,13H,1H3. The summed E-state index contributed by atoms with van der Waals surface area (Å²) in [4.78, 5) is 10.9. The third kappa shape index (κ3) is 3.26. The molecule has 0 aromatic heterocycles. The number of esters is 1. The lowest BCUT2D eigenvalue weighted by atomic mass is 10.2. The molecular formula is C10H8ClN3O2. The van der Waals surface area contributed by atoms with Crippen LogP contribution in [0, 0.1) is 11.3 Å². The van der Waals surface area contributed by atoms with Gasteiger partial charge in [-0.05, 0) is 24.3 Å². The molecule has 0 unspecified atom stereocenters. The molecule has 6 heteroatoms. The highest BCUT2D eigenvalue weighted by molar-refractivity contribution is 6.82. The van der Waals surface area contributed by atoms with Crippen LogP contribution in [0.2, 0.25) is 0 Å². The van der Waals surface area contributed by atoms with Gasteiger partial charge >= 0.3 is 5.97 Å². The summed E-state index contributed by atoms with van der Waals surface area (Å²) < 4.78 is 4.35. The minimum atomic E-state index is -0.720. The molecule has 5 nitrogen and oxygen atoms in total. The monoisotopic (exact) mass is 237 g/mol. The number of hydrazone groups is 1. The number of nitrogens with one attached hydrogen (secondary N) is 1. The molecule has 0 atom stereocenters. The van der Waals surface area contributed by atoms with Crippen LogP contribution in [-0.2, 0) is 9.53 Å². The van der Waals surface area contributed by atoms with Crippen LogP contribution in [-0.4, -0.2) is 18.2 Å². The Balaban J connectivity index is 2.68. The van der Waals surface area contributed by atoms with E-state index >= 15 is 0 Å². The summed E-state index contributed by atoms with van der Waals surface area (Å²) in [6.45, 7) is 0. The van der Waals surface area contributed by atoms with E-state index in [1.165, 1.54) is 7.11 Å². The Morgan fingerprint density at radius 1 is 1.50 bits per heavy atom. The Morgan fingerprint density at radius 2 is 2.12 bits per heavy atom. The van der Waals surface area contributed by atoms with Crippen molar-refractivity contribution in [2.75, 3.05) is 12.5 Å². The summed E-state index contributed by atoms with van der Waals surface area (Å²) in [5, 5.41) is 11.9. The molecule has 0 bridgehead atoms. The van der Waals surface area contributed by atoms with Crippen LogP contribution >= 0.6 is 11.6 Å². The zero-order chi connectivity index (χ0) is 12.0. The summed E-state index contributed by atoms with van der Waals surface area (Å²) >= 11 is 5.50. The van der Waals surface area contributed by atoms with Gasteiger partial charge in [0.1, 0.15) is 0 Å². The molecule has 16 heavy (non-hydrogen) atoms. The summed E-state index contributed by atoms with van der Waals surface area (Å²) in [6.07, 6.45) is 0. The Labute approximate surface area is 97.3 Å². The van der Waals surface area contributed by atoms with E-state index in [9.17, 15) is 4.79 Å². The van der Waals surface area contributed by atoms with Crippen molar-refractivity contribution in [1.82, 2.24) is 0 Å². The molecule has 82 valence electrons. The van der Waals surface area contributed by atoms with Crippen molar-refractivity contribution in [2.24, 2.45) is 5.10 Å². The number of nitrogens with zero attached hydrogens (tertiary/aromatic N) is 2. The number of hydrogen-bond acceptors (Lipinski definition) is 5. The van der Waals surface area contributed by atoms with Gasteiger partial charge in [0.2, 0.25) is 5.17 Å². The number of nitriles is 1. The van der Waals surface area contributed by atoms with Gasteiger partial charge in [0.05, 0.1) is 24.4 Å². The fraction of sp³-hybridized carbons (Fsp3) is 0.100. The first-order valence-electron chi connectivity index (χ1n) is 4.25. The second kappa shape index (κ2) is 5.73. The normalized spacial score (nSPS) is 10.4. The SMILES string of the molecule is COC(=O)C(Cl)=NNc1ccc(C#N)cc1. The van der Waals surface area contributed by atoms with Crippen LogP contribution in [0.1, 0.15) is 5.56 Å². The van der Waals surface area contributed by atoms with E-state index in [4.69, 9.17) is 16.9 Å². The minimum Gasteiger partial charge on any atom is -0.464 e. The summed E-state index contributed by atoms with van der Waals surface area (Å²) in [5.41, 5.74) is 3.70. The van der Waals surface area contributed by atoms with Crippen LogP contribution in [0.5, 0.6) is 0 Å². The van der Waals surface area contributed by atoms with Gasteiger partial charge in [-0.2, -0.15) is 10.4 Å². The van der Waals surface area contributed by atoms with Crippen LogP contribution in [0.15, 0.2) is 29.4 Å². The predicted molar refractivity (Wildman–Crippen MR) is 60.1 cm³/mol.